The number of carbonyl (C=O) groups is 1. The maximum absolute atomic E-state index is 10.6. The third-order valence-corrected chi connectivity index (χ3v) is 3.77. The summed E-state index contributed by atoms with van der Waals surface area (Å²) in [4.78, 5) is 15.0. The van der Waals surface area contributed by atoms with Gasteiger partial charge in [0.2, 0.25) is 0 Å². The Morgan fingerprint density at radius 2 is 2.35 bits per heavy atom. The number of carboxylic acid groups (broad SMARTS) is 1. The zero-order valence-electron chi connectivity index (χ0n) is 9.18. The summed E-state index contributed by atoms with van der Waals surface area (Å²) in [5, 5.41) is 9.44. The van der Waals surface area contributed by atoms with E-state index in [2.05, 4.69) is 20.9 Å². The first-order valence-electron chi connectivity index (χ1n) is 5.12. The van der Waals surface area contributed by atoms with E-state index in [1.54, 1.807) is 0 Å². The average molecular weight is 315 g/mol. The summed E-state index contributed by atoms with van der Waals surface area (Å²) in [6.45, 7) is 2.79. The number of halogens is 1. The van der Waals surface area contributed by atoms with Gasteiger partial charge in [-0.05, 0) is 25.1 Å². The summed E-state index contributed by atoms with van der Waals surface area (Å²) in [5.41, 5.74) is 1.91. The van der Waals surface area contributed by atoms with Gasteiger partial charge in [-0.3, -0.25) is 4.79 Å². The molecule has 0 atom stereocenters. The average Bonchev–Trinajstić information content (AvgIpc) is 2.63. The Bertz CT molecular complexity index is 568. The Morgan fingerprint density at radius 3 is 3.00 bits per heavy atom. The maximum Gasteiger partial charge on any atom is 0.313 e. The first-order valence-corrected chi connectivity index (χ1v) is 6.90. The van der Waals surface area contributed by atoms with Crippen LogP contribution in [0.2, 0.25) is 0 Å². The highest BCUT2D eigenvalue weighted by atomic mass is 79.9. The van der Waals surface area contributed by atoms with E-state index < -0.39 is 5.97 Å². The molecular weight excluding hydrogens is 304 g/mol. The predicted molar refractivity (Wildman–Crippen MR) is 71.5 cm³/mol. The molecule has 0 fully saturated rings. The first-order chi connectivity index (χ1) is 8.11. The van der Waals surface area contributed by atoms with Gasteiger partial charge in [0.25, 0.3) is 0 Å². The van der Waals surface area contributed by atoms with Crippen molar-refractivity contribution >= 4 is 44.7 Å². The van der Waals surface area contributed by atoms with Crippen LogP contribution in [0, 0.1) is 0 Å². The van der Waals surface area contributed by atoms with Crippen LogP contribution in [0.15, 0.2) is 27.8 Å². The number of nitrogens with zero attached hydrogens (tertiary/aromatic N) is 2. The van der Waals surface area contributed by atoms with E-state index in [0.29, 0.717) is 0 Å². The monoisotopic (exact) mass is 314 g/mol. The van der Waals surface area contributed by atoms with Gasteiger partial charge in [-0.25, -0.2) is 4.98 Å². The van der Waals surface area contributed by atoms with Gasteiger partial charge in [0.1, 0.15) is 0 Å². The van der Waals surface area contributed by atoms with Crippen LogP contribution < -0.4 is 0 Å². The molecule has 0 amide bonds. The summed E-state index contributed by atoms with van der Waals surface area (Å²) in [7, 11) is 0. The second kappa shape index (κ2) is 5.10. The number of carboxylic acids is 1. The topological polar surface area (TPSA) is 55.1 Å². The van der Waals surface area contributed by atoms with E-state index in [4.69, 9.17) is 5.11 Å². The Labute approximate surface area is 111 Å². The highest BCUT2D eigenvalue weighted by molar-refractivity contribution is 9.10. The number of aromatic nitrogens is 2. The van der Waals surface area contributed by atoms with Gasteiger partial charge in [0.05, 0.1) is 16.8 Å². The molecule has 0 unspecified atom stereocenters. The minimum absolute atomic E-state index is 0.0322. The number of benzene rings is 1. The molecule has 2 rings (SSSR count). The number of hydrogen-bond acceptors (Lipinski definition) is 3. The van der Waals surface area contributed by atoms with Crippen molar-refractivity contribution in [2.75, 3.05) is 5.75 Å². The minimum Gasteiger partial charge on any atom is -0.481 e. The van der Waals surface area contributed by atoms with Crippen LogP contribution in [0.3, 0.4) is 0 Å². The van der Waals surface area contributed by atoms with Gasteiger partial charge in [-0.15, -0.1) is 0 Å². The van der Waals surface area contributed by atoms with Crippen molar-refractivity contribution in [2.24, 2.45) is 0 Å². The highest BCUT2D eigenvalue weighted by Crippen LogP contribution is 2.26. The molecule has 0 radical (unpaired) electrons. The lowest BCUT2D eigenvalue weighted by molar-refractivity contribution is -0.133. The van der Waals surface area contributed by atoms with Crippen LogP contribution in [-0.2, 0) is 11.3 Å². The van der Waals surface area contributed by atoms with E-state index in [9.17, 15) is 4.79 Å². The predicted octanol–water partition coefficient (Wildman–Crippen LogP) is 3.00. The molecular formula is C11H11BrN2O2S. The van der Waals surface area contributed by atoms with E-state index in [-0.39, 0.29) is 5.75 Å². The number of fused-ring (bicyclic) bond motifs is 1. The van der Waals surface area contributed by atoms with Crippen LogP contribution in [0.25, 0.3) is 11.0 Å². The minimum atomic E-state index is -0.828. The zero-order valence-corrected chi connectivity index (χ0v) is 11.6. The summed E-state index contributed by atoms with van der Waals surface area (Å²) in [6.07, 6.45) is 0. The number of hydrogen-bond donors (Lipinski definition) is 1. The largest absolute Gasteiger partial charge is 0.481 e. The molecule has 1 heterocycles. The molecule has 0 bridgehead atoms. The number of rotatable bonds is 4. The van der Waals surface area contributed by atoms with Crippen LogP contribution in [0.4, 0.5) is 0 Å². The standard InChI is InChI=1S/C11H11BrN2O2S/c1-2-14-9-5-7(12)3-4-8(9)13-11(14)17-6-10(15)16/h3-5H,2,6H2,1H3,(H,15,16). The summed E-state index contributed by atoms with van der Waals surface area (Å²) in [6, 6.07) is 5.86. The number of imidazole rings is 1. The fraction of sp³-hybridized carbons (Fsp3) is 0.273. The molecule has 1 aromatic carbocycles. The molecule has 0 aliphatic rings. The SMILES string of the molecule is CCn1c(SCC(=O)O)nc2ccc(Br)cc21. The molecule has 0 aliphatic heterocycles. The van der Waals surface area contributed by atoms with Gasteiger partial charge < -0.3 is 9.67 Å². The zero-order chi connectivity index (χ0) is 12.4. The number of thioether (sulfide) groups is 1. The van der Waals surface area contributed by atoms with Crippen molar-refractivity contribution < 1.29 is 9.90 Å². The highest BCUT2D eigenvalue weighted by Gasteiger charge is 2.11. The normalized spacial score (nSPS) is 10.9. The van der Waals surface area contributed by atoms with Gasteiger partial charge in [0.15, 0.2) is 5.16 Å². The van der Waals surface area contributed by atoms with Crippen LogP contribution in [0.1, 0.15) is 6.92 Å². The van der Waals surface area contributed by atoms with Crippen LogP contribution in [0.5, 0.6) is 0 Å². The molecule has 4 nitrogen and oxygen atoms in total. The van der Waals surface area contributed by atoms with Gasteiger partial charge in [-0.1, -0.05) is 27.7 Å². The smallest absolute Gasteiger partial charge is 0.313 e. The molecule has 0 aliphatic carbocycles. The molecule has 1 aromatic heterocycles. The lowest BCUT2D eigenvalue weighted by Crippen LogP contribution is -2.01. The Hall–Kier alpha value is -1.01. The van der Waals surface area contributed by atoms with E-state index in [1.165, 1.54) is 11.8 Å². The first kappa shape index (κ1) is 12.4. The van der Waals surface area contributed by atoms with Gasteiger partial charge >= 0.3 is 5.97 Å². The quantitative estimate of drug-likeness (QED) is 0.881. The van der Waals surface area contributed by atoms with Gasteiger partial charge in [0, 0.05) is 11.0 Å². The van der Waals surface area contributed by atoms with Crippen LogP contribution >= 0.6 is 27.7 Å². The molecule has 90 valence electrons. The van der Waals surface area contributed by atoms with Crippen LogP contribution in [-0.4, -0.2) is 26.4 Å². The van der Waals surface area contributed by atoms with Gasteiger partial charge in [-0.2, -0.15) is 0 Å². The lowest BCUT2D eigenvalue weighted by Gasteiger charge is -2.04. The molecule has 0 spiro atoms. The maximum atomic E-state index is 10.6. The molecule has 2 aromatic rings. The van der Waals surface area contributed by atoms with Crippen molar-refractivity contribution in [3.8, 4) is 0 Å². The fourth-order valence-electron chi connectivity index (χ4n) is 1.62. The van der Waals surface area contributed by atoms with Crippen molar-refractivity contribution in [1.29, 1.82) is 0 Å². The Kier molecular flexibility index (Phi) is 3.73. The van der Waals surface area contributed by atoms with Crippen molar-refractivity contribution in [1.82, 2.24) is 9.55 Å². The summed E-state index contributed by atoms with van der Waals surface area (Å²) in [5.74, 6) is -0.796. The molecule has 1 N–H and O–H groups in total. The molecule has 17 heavy (non-hydrogen) atoms. The second-order valence-corrected chi connectivity index (χ2v) is 5.31. The van der Waals surface area contributed by atoms with Crippen molar-refractivity contribution in [3.63, 3.8) is 0 Å². The number of aryl methyl sites for hydroxylation is 1. The molecule has 6 heteroatoms. The second-order valence-electron chi connectivity index (χ2n) is 3.45. The van der Waals surface area contributed by atoms with E-state index >= 15 is 0 Å². The molecule has 0 saturated carbocycles. The number of aliphatic carboxylic acids is 1. The fourth-order valence-corrected chi connectivity index (χ4v) is 2.76. The van der Waals surface area contributed by atoms with E-state index in [1.807, 2.05) is 29.7 Å². The molecule has 0 saturated heterocycles. The Balaban J connectivity index is 2.45. The van der Waals surface area contributed by atoms with E-state index in [0.717, 1.165) is 27.2 Å². The summed E-state index contributed by atoms with van der Waals surface area (Å²) >= 11 is 4.67. The Morgan fingerprint density at radius 1 is 1.59 bits per heavy atom. The van der Waals surface area contributed by atoms with Crippen molar-refractivity contribution in [3.05, 3.63) is 22.7 Å². The van der Waals surface area contributed by atoms with Crippen molar-refractivity contribution in [2.45, 2.75) is 18.6 Å². The third-order valence-electron chi connectivity index (χ3n) is 2.32. The lowest BCUT2D eigenvalue weighted by atomic mass is 10.3. The third kappa shape index (κ3) is 2.63. The summed E-state index contributed by atoms with van der Waals surface area (Å²) < 4.78 is 3.02.